The predicted octanol–water partition coefficient (Wildman–Crippen LogP) is -6.60. The van der Waals surface area contributed by atoms with Crippen molar-refractivity contribution in [1.29, 1.82) is 16.2 Å². The lowest BCUT2D eigenvalue weighted by Crippen LogP contribution is -2.63. The third-order valence-electron chi connectivity index (χ3n) is 18.4. The Labute approximate surface area is 682 Å². The molecule has 0 spiro atoms. The number of aliphatic hydroxyl groups excluding tert-OH is 1. The number of benzene rings is 3. The Hall–Kier alpha value is -13.0. The summed E-state index contributed by atoms with van der Waals surface area (Å²) in [4.78, 5) is 208. The van der Waals surface area contributed by atoms with Crippen LogP contribution in [0.5, 0.6) is 11.5 Å². The second kappa shape index (κ2) is 50.4. The number of hydrogen-bond donors (Lipinski definition) is 28. The lowest BCUT2D eigenvalue weighted by atomic mass is 9.96. The number of phenols is 2. The van der Waals surface area contributed by atoms with Gasteiger partial charge in [-0.2, -0.15) is 0 Å². The fraction of sp³-hybridized carbons (Fsp3) is 0.520. The van der Waals surface area contributed by atoms with Gasteiger partial charge in [0.2, 0.25) is 82.7 Å². The Bertz CT molecular complexity index is 3970. The fourth-order valence-corrected chi connectivity index (χ4v) is 11.6. The van der Waals surface area contributed by atoms with Gasteiger partial charge in [-0.05, 0) is 137 Å². The van der Waals surface area contributed by atoms with Crippen LogP contribution in [0, 0.1) is 28.1 Å². The molecule has 0 radical (unpaired) electrons. The van der Waals surface area contributed by atoms with Crippen molar-refractivity contribution in [3.8, 4) is 11.5 Å². The number of aliphatic hydroxyl groups is 1. The molecular weight excluding hydrogens is 1540 g/mol. The largest absolute Gasteiger partial charge is 0.508 e. The van der Waals surface area contributed by atoms with Gasteiger partial charge >= 0.3 is 0 Å². The summed E-state index contributed by atoms with van der Waals surface area (Å²) in [6.07, 6.45) is -4.28. The highest BCUT2D eigenvalue weighted by Crippen LogP contribution is 2.18. The van der Waals surface area contributed by atoms with Crippen LogP contribution in [0.2, 0.25) is 0 Å². The molecule has 0 heterocycles. The summed E-state index contributed by atoms with van der Waals surface area (Å²) in [5.41, 5.74) is 40.6. The molecule has 43 heteroatoms. The highest BCUT2D eigenvalue weighted by Gasteiger charge is 2.39. The molecule has 15 amide bonds. The third-order valence-corrected chi connectivity index (χ3v) is 18.4. The molecule has 0 aliphatic rings. The molecule has 14 atom stereocenters. The van der Waals surface area contributed by atoms with Crippen LogP contribution in [-0.2, 0) is 86.5 Å². The Morgan fingerprint density at radius 2 is 0.729 bits per heavy atom. The maximum absolute atomic E-state index is 14.6. The number of nitrogens with two attached hydrogens (primary N) is 7. The topological polar surface area (TPSA) is 751 Å². The second-order valence-electron chi connectivity index (χ2n) is 28.8. The van der Waals surface area contributed by atoms with Gasteiger partial charge in [-0.25, -0.2) is 0 Å². The maximum atomic E-state index is 14.6. The minimum atomic E-state index is -1.93. The molecule has 43 nitrogen and oxygen atoms in total. The zero-order valence-corrected chi connectivity index (χ0v) is 67.1. The first-order valence-corrected chi connectivity index (χ1v) is 38.3. The van der Waals surface area contributed by atoms with E-state index in [4.69, 9.17) is 56.4 Å². The smallest absolute Gasteiger partial charge is 0.251 e. The van der Waals surface area contributed by atoms with E-state index in [0.717, 1.165) is 12.5 Å². The predicted molar refractivity (Wildman–Crippen MR) is 431 cm³/mol. The molecule has 0 aliphatic carbocycles. The summed E-state index contributed by atoms with van der Waals surface area (Å²) >= 11 is 0. The van der Waals surface area contributed by atoms with Gasteiger partial charge in [-0.1, -0.05) is 70.5 Å². The average molecular weight is 1660 g/mol. The van der Waals surface area contributed by atoms with Crippen LogP contribution in [0.25, 0.3) is 0 Å². The second-order valence-corrected chi connectivity index (χ2v) is 28.8. The number of carbonyl (C=O) groups excluding carboxylic acids is 15. The molecule has 3 aromatic rings. The minimum Gasteiger partial charge on any atom is -0.508 e. The SMILES string of the molecule is CC[C@H](C)[C@H](NC(=O)[C@H](CC(C)C)NC(=O)[C@H](CC(N)=O)NC(=O)[C@H](C)NC(=O)[C@H](Cc1ccc(O)cc1)NC(=O)[C@H](C)NC(=O)[C@H](CCCNC(=N)N)NC(=O)c1ccc(CN)cc1)C(=O)N[C@H](C(=O)N[C@@H](CCCNC(=N)N)C(=O)N[C@@H](CCC(N)=O)C(=O)N[C@@H](CCCNC(=N)N)C(=O)N[C@@H](Cc1ccc(O)cc1)C(N)=O)[C@@H](C)O. The van der Waals surface area contributed by atoms with Gasteiger partial charge in [0.25, 0.3) is 5.91 Å². The first-order chi connectivity index (χ1) is 55.5. The molecule has 0 bridgehead atoms. The molecule has 3 aromatic carbocycles. The van der Waals surface area contributed by atoms with Crippen LogP contribution in [0.4, 0.5) is 0 Å². The van der Waals surface area contributed by atoms with Gasteiger partial charge in [0.15, 0.2) is 17.9 Å². The summed E-state index contributed by atoms with van der Waals surface area (Å²) in [6, 6.07) is -1.37. The molecule has 0 unspecified atom stereocenters. The van der Waals surface area contributed by atoms with Crippen LogP contribution < -0.4 is 120 Å². The zero-order chi connectivity index (χ0) is 88.6. The molecule has 35 N–H and O–H groups in total. The van der Waals surface area contributed by atoms with E-state index in [9.17, 15) is 87.2 Å². The van der Waals surface area contributed by atoms with E-state index in [0.29, 0.717) is 11.1 Å². The standard InChI is InChI=1S/C75H117N25O18/c1-8-38(4)58(71(117)100-59(41(7)101)72(118)94-50(14-11-31-88-75(84)85)65(111)93-51(27-28-56(77)104)67(113)92-49(13-10-30-87-74(82)83)66(112)95-52(60(79)106)33-42-17-23-46(102)24-18-42)99-70(116)53(32-37(2)3)98-69(115)55(35-57(78)105)97-62(108)40(6)90-68(114)54(34-43-19-25-47(103)26-20-43)96-61(107)39(5)89-64(110)48(12-9-29-86-73(80)81)91-63(109)45-21-15-44(36-76)16-22-45/h15-26,37-41,48-55,58-59,101-103H,8-14,27-36,76H2,1-7H3,(H2,77,104)(H2,78,105)(H2,79,106)(H,89,110)(H,90,114)(H,91,109)(H,92,113)(H,93,111)(H,94,118)(H,95,112)(H,96,107)(H,97,108)(H,98,115)(H,99,116)(H,100,117)(H4,80,81,86)(H4,82,83,87)(H4,84,85,88)/t38-,39-,40-,41+,48-,49-,50-,51-,52-,53-,54-,55-,58-,59-/m0/s1. The first-order valence-electron chi connectivity index (χ1n) is 38.3. The Balaban J connectivity index is 1.90. The third kappa shape index (κ3) is 36.7. The van der Waals surface area contributed by atoms with Crippen molar-refractivity contribution in [3.63, 3.8) is 0 Å². The number of amides is 15. The van der Waals surface area contributed by atoms with E-state index in [1.165, 1.54) is 74.5 Å². The van der Waals surface area contributed by atoms with Crippen LogP contribution in [0.1, 0.15) is 146 Å². The summed E-state index contributed by atoms with van der Waals surface area (Å²) in [5.74, 6) is -17.6. The van der Waals surface area contributed by atoms with Crippen LogP contribution in [-0.4, -0.2) is 220 Å². The number of primary amides is 3. The quantitative estimate of drug-likeness (QED) is 0.0142. The Morgan fingerprint density at radius 3 is 1.14 bits per heavy atom. The molecule has 0 aromatic heterocycles. The van der Waals surface area contributed by atoms with Gasteiger partial charge in [0, 0.05) is 51.0 Å². The molecule has 0 saturated heterocycles. The van der Waals surface area contributed by atoms with E-state index in [1.54, 1.807) is 39.8 Å². The van der Waals surface area contributed by atoms with Gasteiger partial charge in [-0.15, -0.1) is 0 Å². The number of hydrogen-bond acceptors (Lipinski definition) is 22. The lowest BCUT2D eigenvalue weighted by Gasteiger charge is -2.31. The van der Waals surface area contributed by atoms with Crippen molar-refractivity contribution in [2.24, 2.45) is 52.0 Å². The highest BCUT2D eigenvalue weighted by atomic mass is 16.3. The van der Waals surface area contributed by atoms with Crippen molar-refractivity contribution in [3.05, 3.63) is 95.1 Å². The summed E-state index contributed by atoms with van der Waals surface area (Å²) in [6.45, 7) is 10.5. The molecule has 118 heavy (non-hydrogen) atoms. The van der Waals surface area contributed by atoms with Crippen molar-refractivity contribution < 1.29 is 87.2 Å². The normalized spacial score (nSPS) is 14.5. The van der Waals surface area contributed by atoms with E-state index in [-0.39, 0.29) is 113 Å². The lowest BCUT2D eigenvalue weighted by molar-refractivity contribution is -0.138. The highest BCUT2D eigenvalue weighted by molar-refractivity contribution is 6.02. The maximum Gasteiger partial charge on any atom is 0.251 e. The summed E-state index contributed by atoms with van der Waals surface area (Å²) in [7, 11) is 0. The summed E-state index contributed by atoms with van der Waals surface area (Å²) in [5, 5.41) is 91.4. The van der Waals surface area contributed by atoms with E-state index >= 15 is 0 Å². The minimum absolute atomic E-state index is 0.00849. The van der Waals surface area contributed by atoms with E-state index < -0.39 is 210 Å². The molecule has 650 valence electrons. The molecular formula is C75H117N25O18. The molecule has 0 fully saturated rings. The molecule has 0 saturated carbocycles. The fourth-order valence-electron chi connectivity index (χ4n) is 11.6. The van der Waals surface area contributed by atoms with E-state index in [1.807, 2.05) is 0 Å². The summed E-state index contributed by atoms with van der Waals surface area (Å²) < 4.78 is 0. The first kappa shape index (κ1) is 99.2. The zero-order valence-electron chi connectivity index (χ0n) is 67.1. The van der Waals surface area contributed by atoms with Gasteiger partial charge < -0.3 is 135 Å². The van der Waals surface area contributed by atoms with Crippen LogP contribution >= 0.6 is 0 Å². The number of nitrogens with one attached hydrogen (secondary N) is 18. The number of carbonyl (C=O) groups is 15. The molecule has 3 rings (SSSR count). The Kier molecular flexibility index (Phi) is 42.4. The van der Waals surface area contributed by atoms with Crippen molar-refractivity contribution >= 4 is 106 Å². The van der Waals surface area contributed by atoms with Crippen LogP contribution in [0.3, 0.4) is 0 Å². The van der Waals surface area contributed by atoms with Gasteiger partial charge in [-0.3, -0.25) is 88.1 Å². The monoisotopic (exact) mass is 1660 g/mol. The van der Waals surface area contributed by atoms with Crippen molar-refractivity contribution in [2.45, 2.75) is 217 Å². The van der Waals surface area contributed by atoms with E-state index in [2.05, 4.69) is 79.8 Å². The number of guanidine groups is 3. The number of phenolic OH excluding ortho intramolecular Hbond substituents is 2. The number of aromatic hydroxyl groups is 2. The van der Waals surface area contributed by atoms with Gasteiger partial charge in [0.1, 0.15) is 84.0 Å². The molecule has 0 aliphatic heterocycles. The van der Waals surface area contributed by atoms with Crippen molar-refractivity contribution in [1.82, 2.24) is 79.8 Å². The van der Waals surface area contributed by atoms with Crippen LogP contribution in [0.15, 0.2) is 72.8 Å². The van der Waals surface area contributed by atoms with Crippen molar-refractivity contribution in [2.75, 3.05) is 19.6 Å². The Morgan fingerprint density at radius 1 is 0.381 bits per heavy atom. The average Bonchev–Trinajstić information content (AvgIpc) is 0.790. The number of rotatable bonds is 52. The van der Waals surface area contributed by atoms with Gasteiger partial charge in [0.05, 0.1) is 12.5 Å².